The highest BCUT2D eigenvalue weighted by atomic mass is 32.2. The molecule has 0 radical (unpaired) electrons. The van der Waals surface area contributed by atoms with Crippen LogP contribution < -0.4 is 5.73 Å². The fourth-order valence-corrected chi connectivity index (χ4v) is 5.50. The molecule has 2 aliphatic rings. The number of sulfone groups is 1. The summed E-state index contributed by atoms with van der Waals surface area (Å²) < 4.78 is 23.1. The number of carbonyl (C=O) groups is 2. The SMILES string of the molecule is C=CC(N)[C@@]1(C(=O)O)N2C(=O)C[C@H]2S(=O)(=O)C1(C)C. The van der Waals surface area contributed by atoms with Gasteiger partial charge in [0.1, 0.15) is 10.1 Å². The summed E-state index contributed by atoms with van der Waals surface area (Å²) in [4.78, 5) is 24.4. The molecule has 2 saturated heterocycles. The average molecular weight is 288 g/mol. The van der Waals surface area contributed by atoms with Gasteiger partial charge in [0.15, 0.2) is 15.4 Å². The van der Waals surface area contributed by atoms with Crippen LogP contribution in [0, 0.1) is 0 Å². The zero-order valence-electron chi connectivity index (χ0n) is 10.7. The number of carbonyl (C=O) groups excluding carboxylic acids is 1. The number of aliphatic carboxylic acids is 1. The molecule has 0 aromatic carbocycles. The van der Waals surface area contributed by atoms with Crippen LogP contribution in [0.2, 0.25) is 0 Å². The number of nitrogens with zero attached hydrogens (tertiary/aromatic N) is 1. The predicted octanol–water partition coefficient (Wildman–Crippen LogP) is -0.911. The van der Waals surface area contributed by atoms with E-state index in [1.807, 2.05) is 0 Å². The van der Waals surface area contributed by atoms with E-state index in [1.165, 1.54) is 19.9 Å². The van der Waals surface area contributed by atoms with Crippen molar-refractivity contribution in [3.63, 3.8) is 0 Å². The quantitative estimate of drug-likeness (QED) is 0.512. The van der Waals surface area contributed by atoms with Gasteiger partial charge in [0.2, 0.25) is 5.91 Å². The maximum Gasteiger partial charge on any atom is 0.333 e. The van der Waals surface area contributed by atoms with Gasteiger partial charge in [-0.1, -0.05) is 6.08 Å². The standard InChI is InChI=1S/C11H16N2O5S/c1-4-6(12)11(9(15)16)10(2,3)19(17,18)8-5-7(14)13(8)11/h4,6,8H,1,5,12H2,2-3H3,(H,15,16)/t6?,8-,11+/m1/s1. The van der Waals surface area contributed by atoms with E-state index in [0.29, 0.717) is 0 Å². The summed E-state index contributed by atoms with van der Waals surface area (Å²) in [6.45, 7) is 6.03. The fraction of sp³-hybridized carbons (Fsp3) is 0.636. The Morgan fingerprint density at radius 3 is 2.53 bits per heavy atom. The smallest absolute Gasteiger partial charge is 0.333 e. The van der Waals surface area contributed by atoms with Gasteiger partial charge in [0.05, 0.1) is 12.5 Å². The number of rotatable bonds is 3. The average Bonchev–Trinajstić information content (AvgIpc) is 2.40. The Labute approximate surface area is 111 Å². The zero-order chi connectivity index (χ0) is 14.8. The molecule has 106 valence electrons. The molecule has 3 atom stereocenters. The highest BCUT2D eigenvalue weighted by Crippen LogP contribution is 2.53. The Kier molecular flexibility index (Phi) is 2.63. The summed E-state index contributed by atoms with van der Waals surface area (Å²) >= 11 is 0. The van der Waals surface area contributed by atoms with Gasteiger partial charge in [0, 0.05) is 0 Å². The van der Waals surface area contributed by atoms with E-state index in [1.54, 1.807) is 0 Å². The second-order valence-corrected chi connectivity index (χ2v) is 7.97. The van der Waals surface area contributed by atoms with E-state index in [-0.39, 0.29) is 6.42 Å². The van der Waals surface area contributed by atoms with Crippen LogP contribution in [-0.4, -0.2) is 52.0 Å². The number of nitrogens with two attached hydrogens (primary N) is 1. The molecule has 2 rings (SSSR count). The molecule has 2 aliphatic heterocycles. The number of β-lactam (4-membered cyclic amide) rings is 1. The lowest BCUT2D eigenvalue weighted by molar-refractivity contribution is -0.169. The molecule has 0 aliphatic carbocycles. The Morgan fingerprint density at radius 1 is 1.63 bits per heavy atom. The molecule has 1 unspecified atom stereocenters. The Bertz CT molecular complexity index is 582. The second kappa shape index (κ2) is 3.57. The van der Waals surface area contributed by atoms with Crippen LogP contribution in [0.4, 0.5) is 0 Å². The number of hydrogen-bond donors (Lipinski definition) is 2. The summed E-state index contributed by atoms with van der Waals surface area (Å²) in [5.41, 5.74) is 3.80. The summed E-state index contributed by atoms with van der Waals surface area (Å²) in [6, 6.07) is -1.18. The molecule has 0 bridgehead atoms. The van der Waals surface area contributed by atoms with Crippen LogP contribution >= 0.6 is 0 Å². The van der Waals surface area contributed by atoms with Gasteiger partial charge in [-0.05, 0) is 13.8 Å². The first-order valence-corrected chi connectivity index (χ1v) is 7.28. The third-order valence-electron chi connectivity index (χ3n) is 4.34. The van der Waals surface area contributed by atoms with Gasteiger partial charge in [0.25, 0.3) is 0 Å². The van der Waals surface area contributed by atoms with Crippen LogP contribution in [0.25, 0.3) is 0 Å². The molecule has 0 saturated carbocycles. The monoisotopic (exact) mass is 288 g/mol. The lowest BCUT2D eigenvalue weighted by atomic mass is 9.76. The molecule has 7 nitrogen and oxygen atoms in total. The summed E-state index contributed by atoms with van der Waals surface area (Å²) in [7, 11) is -3.81. The van der Waals surface area contributed by atoms with Crippen molar-refractivity contribution >= 4 is 21.7 Å². The Hall–Kier alpha value is -1.41. The first kappa shape index (κ1) is 14.0. The largest absolute Gasteiger partial charge is 0.479 e. The summed E-state index contributed by atoms with van der Waals surface area (Å²) in [6.07, 6.45) is 0.976. The van der Waals surface area contributed by atoms with Gasteiger partial charge >= 0.3 is 5.97 Å². The third kappa shape index (κ3) is 1.19. The topological polar surface area (TPSA) is 118 Å². The van der Waals surface area contributed by atoms with Crippen molar-refractivity contribution in [3.8, 4) is 0 Å². The number of fused-ring (bicyclic) bond motifs is 1. The highest BCUT2D eigenvalue weighted by Gasteiger charge is 2.78. The molecule has 3 N–H and O–H groups in total. The molecule has 0 spiro atoms. The van der Waals surface area contributed by atoms with Gasteiger partial charge in [-0.15, -0.1) is 6.58 Å². The third-order valence-corrected chi connectivity index (χ3v) is 7.16. The van der Waals surface area contributed by atoms with E-state index in [2.05, 4.69) is 6.58 Å². The minimum atomic E-state index is -3.81. The van der Waals surface area contributed by atoms with Gasteiger partial charge in [-0.25, -0.2) is 13.2 Å². The number of amides is 1. The minimum absolute atomic E-state index is 0.190. The van der Waals surface area contributed by atoms with Crippen LogP contribution in [0.15, 0.2) is 12.7 Å². The zero-order valence-corrected chi connectivity index (χ0v) is 11.5. The molecule has 19 heavy (non-hydrogen) atoms. The van der Waals surface area contributed by atoms with E-state index in [0.717, 1.165) is 4.90 Å². The van der Waals surface area contributed by atoms with Crippen molar-refractivity contribution in [1.82, 2.24) is 4.90 Å². The van der Waals surface area contributed by atoms with Crippen molar-refractivity contribution in [2.75, 3.05) is 0 Å². The molecular weight excluding hydrogens is 272 g/mol. The molecule has 2 fully saturated rings. The van der Waals surface area contributed by atoms with E-state index in [4.69, 9.17) is 5.73 Å². The van der Waals surface area contributed by atoms with Crippen LogP contribution in [0.3, 0.4) is 0 Å². The van der Waals surface area contributed by atoms with Gasteiger partial charge < -0.3 is 15.7 Å². The minimum Gasteiger partial charge on any atom is -0.479 e. The Balaban J connectivity index is 2.81. The molecule has 0 aromatic rings. The van der Waals surface area contributed by atoms with E-state index in [9.17, 15) is 23.1 Å². The number of carboxylic acids is 1. The maximum atomic E-state index is 12.4. The Morgan fingerprint density at radius 2 is 2.16 bits per heavy atom. The fourth-order valence-electron chi connectivity index (χ4n) is 3.14. The van der Waals surface area contributed by atoms with Crippen LogP contribution in [0.5, 0.6) is 0 Å². The predicted molar refractivity (Wildman–Crippen MR) is 66.8 cm³/mol. The van der Waals surface area contributed by atoms with Gasteiger partial charge in [-0.2, -0.15) is 0 Å². The van der Waals surface area contributed by atoms with Crippen molar-refractivity contribution in [1.29, 1.82) is 0 Å². The molecule has 8 heteroatoms. The molecule has 0 aromatic heterocycles. The second-order valence-electron chi connectivity index (χ2n) is 5.31. The highest BCUT2D eigenvalue weighted by molar-refractivity contribution is 7.94. The lowest BCUT2D eigenvalue weighted by Crippen LogP contribution is -2.73. The van der Waals surface area contributed by atoms with Gasteiger partial charge in [-0.3, -0.25) is 4.79 Å². The summed E-state index contributed by atoms with van der Waals surface area (Å²) in [5.74, 6) is -1.94. The van der Waals surface area contributed by atoms with Crippen molar-refractivity contribution in [3.05, 3.63) is 12.7 Å². The number of hydrogen-bond acceptors (Lipinski definition) is 5. The number of carboxylic acid groups (broad SMARTS) is 1. The van der Waals surface area contributed by atoms with Crippen LogP contribution in [-0.2, 0) is 19.4 Å². The lowest BCUT2D eigenvalue weighted by Gasteiger charge is -2.47. The summed E-state index contributed by atoms with van der Waals surface area (Å²) in [5, 5.41) is 8.49. The van der Waals surface area contributed by atoms with Crippen molar-refractivity contribution < 1.29 is 23.1 Å². The maximum absolute atomic E-state index is 12.4. The molecule has 1 amide bonds. The van der Waals surface area contributed by atoms with E-state index < -0.39 is 43.4 Å². The van der Waals surface area contributed by atoms with Crippen molar-refractivity contribution in [2.45, 2.75) is 42.0 Å². The molecule has 2 heterocycles. The van der Waals surface area contributed by atoms with E-state index >= 15 is 0 Å². The molecular formula is C11H16N2O5S. The normalized spacial score (nSPS) is 36.3. The van der Waals surface area contributed by atoms with Crippen LogP contribution in [0.1, 0.15) is 20.3 Å². The first-order chi connectivity index (χ1) is 8.56. The first-order valence-electron chi connectivity index (χ1n) is 5.74. The van der Waals surface area contributed by atoms with Crippen molar-refractivity contribution in [2.24, 2.45) is 5.73 Å².